The lowest BCUT2D eigenvalue weighted by atomic mass is 9.87. The van der Waals surface area contributed by atoms with E-state index in [0.29, 0.717) is 11.8 Å². The highest BCUT2D eigenvalue weighted by molar-refractivity contribution is 7.99. The average molecular weight is 258 g/mol. The van der Waals surface area contributed by atoms with Crippen molar-refractivity contribution in [3.8, 4) is 0 Å². The number of hydrogen-bond donors (Lipinski definition) is 0. The van der Waals surface area contributed by atoms with Gasteiger partial charge in [-0.25, -0.2) is 0 Å². The standard InChI is InChI=1S/C17H22S/c1-12(2)14-8-5-6-11-18-16-10-7-9-15(13(3)4)17(14)16/h5-10,12-13H,11H2,1-4H3/b6-5-,14-8-. The molecule has 1 aliphatic heterocycles. The number of rotatable bonds is 2. The molecular formula is C17H22S. The quantitative estimate of drug-likeness (QED) is 0.674. The zero-order chi connectivity index (χ0) is 13.1. The van der Waals surface area contributed by atoms with E-state index in [2.05, 4.69) is 64.1 Å². The molecule has 0 radical (unpaired) electrons. The maximum absolute atomic E-state index is 2.30. The van der Waals surface area contributed by atoms with Crippen LogP contribution < -0.4 is 0 Å². The summed E-state index contributed by atoms with van der Waals surface area (Å²) in [5.74, 6) is 2.20. The van der Waals surface area contributed by atoms with Crippen LogP contribution in [0.3, 0.4) is 0 Å². The van der Waals surface area contributed by atoms with Gasteiger partial charge in [0.05, 0.1) is 0 Å². The van der Waals surface area contributed by atoms with E-state index in [-0.39, 0.29) is 0 Å². The van der Waals surface area contributed by atoms with E-state index in [9.17, 15) is 0 Å². The van der Waals surface area contributed by atoms with Crippen LogP contribution in [-0.2, 0) is 0 Å². The summed E-state index contributed by atoms with van der Waals surface area (Å²) in [6, 6.07) is 6.75. The second-order valence-electron chi connectivity index (χ2n) is 5.39. The fourth-order valence-corrected chi connectivity index (χ4v) is 3.33. The first kappa shape index (κ1) is 13.5. The van der Waals surface area contributed by atoms with Gasteiger partial charge in [-0.15, -0.1) is 11.8 Å². The summed E-state index contributed by atoms with van der Waals surface area (Å²) in [4.78, 5) is 1.44. The van der Waals surface area contributed by atoms with Crippen LogP contribution in [0.25, 0.3) is 5.57 Å². The number of allylic oxidation sites excluding steroid dienone is 3. The molecule has 0 N–H and O–H groups in total. The van der Waals surface area contributed by atoms with Crippen molar-refractivity contribution in [2.75, 3.05) is 5.75 Å². The first-order valence-electron chi connectivity index (χ1n) is 6.74. The second kappa shape index (κ2) is 5.79. The molecule has 1 heteroatoms. The van der Waals surface area contributed by atoms with Crippen molar-refractivity contribution in [1.29, 1.82) is 0 Å². The second-order valence-corrected chi connectivity index (χ2v) is 6.45. The summed E-state index contributed by atoms with van der Waals surface area (Å²) < 4.78 is 0. The molecule has 0 saturated heterocycles. The highest BCUT2D eigenvalue weighted by atomic mass is 32.2. The van der Waals surface area contributed by atoms with Crippen molar-refractivity contribution in [1.82, 2.24) is 0 Å². The molecule has 96 valence electrons. The third-order valence-corrected chi connectivity index (χ3v) is 4.35. The van der Waals surface area contributed by atoms with Crippen LogP contribution in [0.2, 0.25) is 0 Å². The van der Waals surface area contributed by atoms with E-state index in [1.807, 2.05) is 11.8 Å². The molecule has 2 rings (SSSR count). The Balaban J connectivity index is 2.65. The van der Waals surface area contributed by atoms with Gasteiger partial charge in [-0.2, -0.15) is 0 Å². The number of hydrogen-bond acceptors (Lipinski definition) is 1. The van der Waals surface area contributed by atoms with Gasteiger partial charge in [-0.1, -0.05) is 58.1 Å². The van der Waals surface area contributed by atoms with Crippen LogP contribution in [0, 0.1) is 5.92 Å². The Kier molecular flexibility index (Phi) is 4.34. The molecule has 0 unspecified atom stereocenters. The van der Waals surface area contributed by atoms with Gasteiger partial charge in [-0.3, -0.25) is 0 Å². The van der Waals surface area contributed by atoms with Gasteiger partial charge in [0, 0.05) is 10.6 Å². The minimum Gasteiger partial charge on any atom is -0.121 e. The maximum atomic E-state index is 2.30. The van der Waals surface area contributed by atoms with Gasteiger partial charge >= 0.3 is 0 Å². The Labute approximate surface area is 115 Å². The Morgan fingerprint density at radius 2 is 1.83 bits per heavy atom. The molecule has 0 saturated carbocycles. The van der Waals surface area contributed by atoms with Crippen molar-refractivity contribution < 1.29 is 0 Å². The normalized spacial score (nSPS) is 20.0. The zero-order valence-electron chi connectivity index (χ0n) is 11.7. The Morgan fingerprint density at radius 3 is 2.50 bits per heavy atom. The molecule has 0 aliphatic carbocycles. The average Bonchev–Trinajstić information content (AvgIpc) is 2.28. The van der Waals surface area contributed by atoms with Gasteiger partial charge in [0.25, 0.3) is 0 Å². The van der Waals surface area contributed by atoms with E-state index in [4.69, 9.17) is 0 Å². The lowest BCUT2D eigenvalue weighted by molar-refractivity contribution is 0.822. The molecule has 1 aromatic rings. The molecule has 0 bridgehead atoms. The molecule has 1 aromatic carbocycles. The fraction of sp³-hybridized carbons (Fsp3) is 0.412. The Bertz CT molecular complexity index is 478. The third kappa shape index (κ3) is 2.72. The first-order valence-corrected chi connectivity index (χ1v) is 7.72. The minimum absolute atomic E-state index is 0.562. The zero-order valence-corrected chi connectivity index (χ0v) is 12.6. The summed E-state index contributed by atoms with van der Waals surface area (Å²) in [5.41, 5.74) is 4.44. The Hall–Kier alpha value is -0.950. The number of fused-ring (bicyclic) bond motifs is 1. The first-order chi connectivity index (χ1) is 8.61. The van der Waals surface area contributed by atoms with Crippen molar-refractivity contribution in [3.63, 3.8) is 0 Å². The molecule has 18 heavy (non-hydrogen) atoms. The van der Waals surface area contributed by atoms with Crippen LogP contribution in [0.15, 0.2) is 41.3 Å². The largest absolute Gasteiger partial charge is 0.121 e. The topological polar surface area (TPSA) is 0 Å². The summed E-state index contributed by atoms with van der Waals surface area (Å²) in [5, 5.41) is 0. The summed E-state index contributed by atoms with van der Waals surface area (Å²) in [7, 11) is 0. The van der Waals surface area contributed by atoms with Crippen LogP contribution in [0.5, 0.6) is 0 Å². The molecule has 0 amide bonds. The third-order valence-electron chi connectivity index (χ3n) is 3.34. The maximum Gasteiger partial charge on any atom is 0.0164 e. The molecule has 0 spiro atoms. The highest BCUT2D eigenvalue weighted by Crippen LogP contribution is 2.38. The summed E-state index contributed by atoms with van der Waals surface area (Å²) in [6.45, 7) is 9.14. The van der Waals surface area contributed by atoms with Crippen molar-refractivity contribution in [2.45, 2.75) is 38.5 Å². The van der Waals surface area contributed by atoms with Gasteiger partial charge in [0.15, 0.2) is 0 Å². The number of benzene rings is 1. The van der Waals surface area contributed by atoms with E-state index in [0.717, 1.165) is 5.75 Å². The fourth-order valence-electron chi connectivity index (χ4n) is 2.39. The van der Waals surface area contributed by atoms with E-state index in [1.165, 1.54) is 21.6 Å². The SMILES string of the molecule is CC(C)/C1=C/C=C\CSc2cccc(C(C)C)c21. The molecule has 0 aromatic heterocycles. The lowest BCUT2D eigenvalue weighted by Crippen LogP contribution is -2.03. The molecule has 0 nitrogen and oxygen atoms in total. The number of thioether (sulfide) groups is 1. The molecule has 1 heterocycles. The van der Waals surface area contributed by atoms with Crippen LogP contribution >= 0.6 is 11.8 Å². The van der Waals surface area contributed by atoms with Crippen LogP contribution in [0.4, 0.5) is 0 Å². The monoisotopic (exact) mass is 258 g/mol. The van der Waals surface area contributed by atoms with Crippen LogP contribution in [-0.4, -0.2) is 5.75 Å². The van der Waals surface area contributed by atoms with Gasteiger partial charge in [-0.05, 0) is 34.6 Å². The predicted molar refractivity (Wildman–Crippen MR) is 83.2 cm³/mol. The Morgan fingerprint density at radius 1 is 1.06 bits per heavy atom. The van der Waals surface area contributed by atoms with Crippen molar-refractivity contribution in [3.05, 3.63) is 47.6 Å². The summed E-state index contributed by atoms with van der Waals surface area (Å²) in [6.07, 6.45) is 6.76. The van der Waals surface area contributed by atoms with Crippen molar-refractivity contribution in [2.24, 2.45) is 5.92 Å². The van der Waals surface area contributed by atoms with E-state index in [1.54, 1.807) is 0 Å². The molecule has 1 aliphatic rings. The predicted octanol–water partition coefficient (Wildman–Crippen LogP) is 5.51. The van der Waals surface area contributed by atoms with Gasteiger partial charge < -0.3 is 0 Å². The smallest absolute Gasteiger partial charge is 0.0164 e. The summed E-state index contributed by atoms with van der Waals surface area (Å²) >= 11 is 1.95. The van der Waals surface area contributed by atoms with E-state index >= 15 is 0 Å². The van der Waals surface area contributed by atoms with Gasteiger partial charge in [0.2, 0.25) is 0 Å². The molecular weight excluding hydrogens is 236 g/mol. The molecule has 0 atom stereocenters. The van der Waals surface area contributed by atoms with Crippen molar-refractivity contribution >= 4 is 17.3 Å². The van der Waals surface area contributed by atoms with Crippen LogP contribution in [0.1, 0.15) is 44.7 Å². The minimum atomic E-state index is 0.562. The highest BCUT2D eigenvalue weighted by Gasteiger charge is 2.17. The van der Waals surface area contributed by atoms with E-state index < -0.39 is 0 Å². The molecule has 0 fully saturated rings. The lowest BCUT2D eigenvalue weighted by Gasteiger charge is -2.22. The van der Waals surface area contributed by atoms with Gasteiger partial charge in [0.1, 0.15) is 0 Å².